The molecule has 0 bridgehead atoms. The molecule has 3 rings (SSSR count). The maximum absolute atomic E-state index is 13.0. The van der Waals surface area contributed by atoms with Gasteiger partial charge in [-0.05, 0) is 37.2 Å². The zero-order valence-corrected chi connectivity index (χ0v) is 13.7. The van der Waals surface area contributed by atoms with Crippen molar-refractivity contribution >= 4 is 5.91 Å². The smallest absolute Gasteiger partial charge is 0.230 e. The summed E-state index contributed by atoms with van der Waals surface area (Å²) in [6.45, 7) is 3.95. The highest BCUT2D eigenvalue weighted by Crippen LogP contribution is 2.42. The third kappa shape index (κ3) is 2.55. The molecule has 2 aliphatic rings. The number of amides is 1. The van der Waals surface area contributed by atoms with Gasteiger partial charge in [0.25, 0.3) is 0 Å². The molecule has 3 unspecified atom stereocenters. The first kappa shape index (κ1) is 15.2. The van der Waals surface area contributed by atoms with Crippen LogP contribution in [0.25, 0.3) is 0 Å². The van der Waals surface area contributed by atoms with Gasteiger partial charge >= 0.3 is 0 Å². The van der Waals surface area contributed by atoms with Crippen LogP contribution in [0.1, 0.15) is 37.7 Å². The molecule has 0 aromatic heterocycles. The molecule has 1 aliphatic carbocycles. The third-order valence-electron chi connectivity index (χ3n) is 5.32. The van der Waals surface area contributed by atoms with E-state index in [1.54, 1.807) is 14.2 Å². The van der Waals surface area contributed by atoms with Crippen molar-refractivity contribution in [1.29, 1.82) is 0 Å². The Morgan fingerprint density at radius 1 is 1.23 bits per heavy atom. The summed E-state index contributed by atoms with van der Waals surface area (Å²) in [4.78, 5) is 15.0. The molecule has 1 aromatic carbocycles. The van der Waals surface area contributed by atoms with E-state index in [1.165, 1.54) is 12.8 Å². The summed E-state index contributed by atoms with van der Waals surface area (Å²) in [6.07, 6.45) is 3.36. The van der Waals surface area contributed by atoms with E-state index >= 15 is 0 Å². The lowest BCUT2D eigenvalue weighted by atomic mass is 9.77. The fourth-order valence-electron chi connectivity index (χ4n) is 3.79. The minimum atomic E-state index is -0.127. The van der Waals surface area contributed by atoms with Crippen LogP contribution < -0.4 is 9.47 Å². The second-order valence-electron chi connectivity index (χ2n) is 6.41. The highest BCUT2D eigenvalue weighted by molar-refractivity contribution is 5.85. The van der Waals surface area contributed by atoms with Crippen molar-refractivity contribution in [2.45, 2.75) is 32.1 Å². The SMILES string of the molecule is CCC(C(=O)N1CC2CCC2C1)c1ccc(OC)cc1OC. The summed E-state index contributed by atoms with van der Waals surface area (Å²) in [6, 6.07) is 5.73. The van der Waals surface area contributed by atoms with Gasteiger partial charge in [0, 0.05) is 24.7 Å². The van der Waals surface area contributed by atoms with Crippen molar-refractivity contribution in [2.24, 2.45) is 11.8 Å². The van der Waals surface area contributed by atoms with Gasteiger partial charge in [0.05, 0.1) is 20.1 Å². The number of likely N-dealkylation sites (tertiary alicyclic amines) is 1. The first-order valence-electron chi connectivity index (χ1n) is 8.18. The monoisotopic (exact) mass is 303 g/mol. The van der Waals surface area contributed by atoms with Crippen molar-refractivity contribution in [3.8, 4) is 11.5 Å². The Balaban J connectivity index is 1.82. The van der Waals surface area contributed by atoms with Gasteiger partial charge < -0.3 is 14.4 Å². The van der Waals surface area contributed by atoms with Crippen LogP contribution in [0.15, 0.2) is 18.2 Å². The summed E-state index contributed by atoms with van der Waals surface area (Å²) in [7, 11) is 3.28. The Morgan fingerprint density at radius 3 is 2.41 bits per heavy atom. The molecule has 1 saturated heterocycles. The standard InChI is InChI=1S/C18H25NO3/c1-4-15(16-8-7-14(21-2)9-17(16)22-3)18(20)19-10-12-5-6-13(12)11-19/h7-9,12-13,15H,4-6,10-11H2,1-3H3. The maximum Gasteiger partial charge on any atom is 0.230 e. The van der Waals surface area contributed by atoms with Crippen LogP contribution in [0, 0.1) is 11.8 Å². The van der Waals surface area contributed by atoms with Crippen LogP contribution in [0.3, 0.4) is 0 Å². The highest BCUT2D eigenvalue weighted by atomic mass is 16.5. The van der Waals surface area contributed by atoms with E-state index in [0.717, 1.165) is 48.4 Å². The fourth-order valence-corrected chi connectivity index (χ4v) is 3.79. The lowest BCUT2D eigenvalue weighted by molar-refractivity contribution is -0.132. The number of carbonyl (C=O) groups is 1. The van der Waals surface area contributed by atoms with Crippen LogP contribution in [-0.4, -0.2) is 38.1 Å². The minimum absolute atomic E-state index is 0.127. The number of ether oxygens (including phenoxy) is 2. The highest BCUT2D eigenvalue weighted by Gasteiger charge is 2.42. The van der Waals surface area contributed by atoms with Gasteiger partial charge in [0.2, 0.25) is 5.91 Å². The normalized spacial score (nSPS) is 24.4. The van der Waals surface area contributed by atoms with Gasteiger partial charge in [-0.15, -0.1) is 0 Å². The fraction of sp³-hybridized carbons (Fsp3) is 0.611. The van der Waals surface area contributed by atoms with Crippen molar-refractivity contribution in [2.75, 3.05) is 27.3 Å². The molecule has 1 amide bonds. The number of hydrogen-bond donors (Lipinski definition) is 0. The molecule has 0 radical (unpaired) electrons. The van der Waals surface area contributed by atoms with E-state index in [2.05, 4.69) is 11.8 Å². The maximum atomic E-state index is 13.0. The van der Waals surface area contributed by atoms with Crippen LogP contribution in [-0.2, 0) is 4.79 Å². The number of methoxy groups -OCH3 is 2. The van der Waals surface area contributed by atoms with E-state index in [0.29, 0.717) is 0 Å². The van der Waals surface area contributed by atoms with Crippen LogP contribution in [0.4, 0.5) is 0 Å². The predicted octanol–water partition coefficient (Wildman–Crippen LogP) is 3.07. The molecular weight excluding hydrogens is 278 g/mol. The Morgan fingerprint density at radius 2 is 1.91 bits per heavy atom. The Labute approximate surface area is 132 Å². The molecule has 120 valence electrons. The van der Waals surface area contributed by atoms with Crippen molar-refractivity contribution in [1.82, 2.24) is 4.90 Å². The first-order valence-corrected chi connectivity index (χ1v) is 8.18. The Hall–Kier alpha value is -1.71. The van der Waals surface area contributed by atoms with E-state index < -0.39 is 0 Å². The number of fused-ring (bicyclic) bond motifs is 1. The molecular formula is C18H25NO3. The Kier molecular flexibility index (Phi) is 4.27. The number of rotatable bonds is 5. The molecule has 4 nitrogen and oxygen atoms in total. The molecule has 1 saturated carbocycles. The predicted molar refractivity (Wildman–Crippen MR) is 85.4 cm³/mol. The molecule has 0 spiro atoms. The summed E-state index contributed by atoms with van der Waals surface area (Å²) < 4.78 is 10.7. The van der Waals surface area contributed by atoms with Gasteiger partial charge in [0.15, 0.2) is 0 Å². The average molecular weight is 303 g/mol. The van der Waals surface area contributed by atoms with Crippen molar-refractivity contribution in [3.63, 3.8) is 0 Å². The topological polar surface area (TPSA) is 38.8 Å². The number of hydrogen-bond acceptors (Lipinski definition) is 3. The molecule has 0 N–H and O–H groups in total. The molecule has 2 fully saturated rings. The first-order chi connectivity index (χ1) is 10.7. The molecule has 1 aliphatic heterocycles. The molecule has 1 heterocycles. The number of carbonyl (C=O) groups excluding carboxylic acids is 1. The molecule has 3 atom stereocenters. The lowest BCUT2D eigenvalue weighted by Crippen LogP contribution is -2.33. The van der Waals surface area contributed by atoms with E-state index in [-0.39, 0.29) is 11.8 Å². The van der Waals surface area contributed by atoms with Gasteiger partial charge in [-0.2, -0.15) is 0 Å². The van der Waals surface area contributed by atoms with Crippen molar-refractivity contribution < 1.29 is 14.3 Å². The largest absolute Gasteiger partial charge is 0.497 e. The number of nitrogens with zero attached hydrogens (tertiary/aromatic N) is 1. The third-order valence-corrected chi connectivity index (χ3v) is 5.32. The van der Waals surface area contributed by atoms with Gasteiger partial charge in [-0.25, -0.2) is 0 Å². The average Bonchev–Trinajstić information content (AvgIpc) is 2.83. The summed E-state index contributed by atoms with van der Waals surface area (Å²) in [5.74, 6) is 3.11. The molecule has 22 heavy (non-hydrogen) atoms. The van der Waals surface area contributed by atoms with Crippen LogP contribution in [0.5, 0.6) is 11.5 Å². The molecule has 4 heteroatoms. The molecule has 1 aromatic rings. The van der Waals surface area contributed by atoms with Gasteiger partial charge in [0.1, 0.15) is 11.5 Å². The summed E-state index contributed by atoms with van der Waals surface area (Å²) in [5.41, 5.74) is 0.968. The lowest BCUT2D eigenvalue weighted by Gasteiger charge is -2.27. The van der Waals surface area contributed by atoms with E-state index in [4.69, 9.17) is 9.47 Å². The van der Waals surface area contributed by atoms with Crippen LogP contribution in [0.2, 0.25) is 0 Å². The zero-order chi connectivity index (χ0) is 15.7. The van der Waals surface area contributed by atoms with Gasteiger partial charge in [-0.3, -0.25) is 4.79 Å². The second kappa shape index (κ2) is 6.19. The van der Waals surface area contributed by atoms with Gasteiger partial charge in [-0.1, -0.05) is 13.0 Å². The minimum Gasteiger partial charge on any atom is -0.497 e. The van der Waals surface area contributed by atoms with Crippen molar-refractivity contribution in [3.05, 3.63) is 23.8 Å². The van der Waals surface area contributed by atoms with E-state index in [9.17, 15) is 4.79 Å². The summed E-state index contributed by atoms with van der Waals surface area (Å²) in [5, 5.41) is 0. The van der Waals surface area contributed by atoms with E-state index in [1.807, 2.05) is 18.2 Å². The van der Waals surface area contributed by atoms with Crippen LogP contribution >= 0.6 is 0 Å². The summed E-state index contributed by atoms with van der Waals surface area (Å²) >= 11 is 0. The quantitative estimate of drug-likeness (QED) is 0.839. The zero-order valence-electron chi connectivity index (χ0n) is 13.7. The second-order valence-corrected chi connectivity index (χ2v) is 6.41. The Bertz CT molecular complexity index is 545. The number of benzene rings is 1.